The molecule has 0 aromatic heterocycles. The van der Waals surface area contributed by atoms with Crippen LogP contribution in [0.2, 0.25) is 0 Å². The molecule has 5 heteroatoms. The third kappa shape index (κ3) is 5.09. The van der Waals surface area contributed by atoms with E-state index in [9.17, 15) is 9.59 Å². The molecule has 0 unspecified atom stereocenters. The van der Waals surface area contributed by atoms with E-state index in [0.717, 1.165) is 23.1 Å². The third-order valence-corrected chi connectivity index (χ3v) is 4.67. The number of hydrogen-bond donors (Lipinski definition) is 3. The first-order valence-corrected chi connectivity index (χ1v) is 8.94. The second kappa shape index (κ2) is 9.04. The quantitative estimate of drug-likeness (QED) is 0.710. The van der Waals surface area contributed by atoms with Gasteiger partial charge < -0.3 is 16.4 Å². The molecule has 4 N–H and O–H groups in total. The van der Waals surface area contributed by atoms with Gasteiger partial charge in [0.1, 0.15) is 6.04 Å². The third-order valence-electron chi connectivity index (χ3n) is 4.67. The van der Waals surface area contributed by atoms with Gasteiger partial charge in [0.25, 0.3) is 0 Å². The lowest BCUT2D eigenvalue weighted by Crippen LogP contribution is -2.52. The molecule has 26 heavy (non-hydrogen) atoms. The molecule has 3 amide bonds. The highest BCUT2D eigenvalue weighted by atomic mass is 16.2. The van der Waals surface area contributed by atoms with E-state index < -0.39 is 12.1 Å². The second-order valence-electron chi connectivity index (χ2n) is 6.59. The normalized spacial score (nSPS) is 14.1. The first-order valence-electron chi connectivity index (χ1n) is 8.94. The van der Waals surface area contributed by atoms with Crippen LogP contribution in [0.3, 0.4) is 0 Å². The van der Waals surface area contributed by atoms with E-state index in [0.29, 0.717) is 0 Å². The molecular weight excluding hydrogens is 326 g/mol. The summed E-state index contributed by atoms with van der Waals surface area (Å²) in [6, 6.07) is 16.7. The summed E-state index contributed by atoms with van der Waals surface area (Å²) in [5.41, 5.74) is 8.48. The largest absolute Gasteiger partial charge is 0.352 e. The SMILES string of the molecule is CC[C@H](C)[C@H](NC(N)=O)C(=O)N[C@H](C)c1ccc(-c2ccccc2)cc1. The number of nitrogens with two attached hydrogens (primary N) is 1. The number of carbonyl (C=O) groups is 2. The van der Waals surface area contributed by atoms with Crippen LogP contribution in [0.15, 0.2) is 54.6 Å². The van der Waals surface area contributed by atoms with Crippen LogP contribution in [0, 0.1) is 5.92 Å². The number of amides is 3. The van der Waals surface area contributed by atoms with E-state index in [-0.39, 0.29) is 17.9 Å². The van der Waals surface area contributed by atoms with Crippen LogP contribution in [0.4, 0.5) is 4.79 Å². The summed E-state index contributed by atoms with van der Waals surface area (Å²) in [7, 11) is 0. The van der Waals surface area contributed by atoms with Gasteiger partial charge in [0.2, 0.25) is 5.91 Å². The van der Waals surface area contributed by atoms with E-state index in [1.54, 1.807) is 0 Å². The minimum atomic E-state index is -0.690. The zero-order valence-corrected chi connectivity index (χ0v) is 15.5. The molecule has 0 aliphatic carbocycles. The molecule has 2 aromatic rings. The first-order chi connectivity index (χ1) is 12.4. The Kier molecular flexibility index (Phi) is 6.78. The highest BCUT2D eigenvalue weighted by Gasteiger charge is 2.26. The summed E-state index contributed by atoms with van der Waals surface area (Å²) in [5.74, 6) is -0.229. The van der Waals surface area contributed by atoms with E-state index in [2.05, 4.69) is 22.8 Å². The van der Waals surface area contributed by atoms with Gasteiger partial charge in [-0.15, -0.1) is 0 Å². The molecule has 0 saturated carbocycles. The van der Waals surface area contributed by atoms with E-state index in [1.807, 2.05) is 63.2 Å². The Morgan fingerprint density at radius 1 is 0.923 bits per heavy atom. The fourth-order valence-electron chi connectivity index (χ4n) is 2.84. The molecule has 3 atom stereocenters. The van der Waals surface area contributed by atoms with Crippen LogP contribution >= 0.6 is 0 Å². The predicted octanol–water partition coefficient (Wildman–Crippen LogP) is 3.61. The fourth-order valence-corrected chi connectivity index (χ4v) is 2.84. The molecule has 0 bridgehead atoms. The van der Waals surface area contributed by atoms with Gasteiger partial charge in [-0.05, 0) is 29.5 Å². The van der Waals surface area contributed by atoms with Crippen LogP contribution in [0.25, 0.3) is 11.1 Å². The van der Waals surface area contributed by atoms with Gasteiger partial charge in [-0.2, -0.15) is 0 Å². The Bertz CT molecular complexity index is 729. The van der Waals surface area contributed by atoms with Crippen LogP contribution in [-0.2, 0) is 4.79 Å². The molecular formula is C21H27N3O2. The van der Waals surface area contributed by atoms with Crippen molar-refractivity contribution in [3.8, 4) is 11.1 Å². The predicted molar refractivity (Wildman–Crippen MR) is 104 cm³/mol. The van der Waals surface area contributed by atoms with E-state index >= 15 is 0 Å². The molecule has 138 valence electrons. The number of urea groups is 1. The Morgan fingerprint density at radius 3 is 2.04 bits per heavy atom. The summed E-state index contributed by atoms with van der Waals surface area (Å²) in [6.45, 7) is 5.81. The summed E-state index contributed by atoms with van der Waals surface area (Å²) in [5, 5.41) is 5.51. The Morgan fingerprint density at radius 2 is 1.50 bits per heavy atom. The number of primary amides is 1. The van der Waals surface area contributed by atoms with Crippen LogP contribution in [0.1, 0.15) is 38.8 Å². The fraction of sp³-hybridized carbons (Fsp3) is 0.333. The Labute approximate surface area is 155 Å². The van der Waals surface area contributed by atoms with Gasteiger partial charge >= 0.3 is 6.03 Å². The van der Waals surface area contributed by atoms with Crippen LogP contribution < -0.4 is 16.4 Å². The molecule has 0 aliphatic rings. The zero-order valence-electron chi connectivity index (χ0n) is 15.5. The van der Waals surface area contributed by atoms with Crippen molar-refractivity contribution in [3.63, 3.8) is 0 Å². The lowest BCUT2D eigenvalue weighted by molar-refractivity contribution is -0.124. The van der Waals surface area contributed by atoms with Gasteiger partial charge in [0.15, 0.2) is 0 Å². The average molecular weight is 353 g/mol. The Hall–Kier alpha value is -2.82. The smallest absolute Gasteiger partial charge is 0.312 e. The van der Waals surface area contributed by atoms with Crippen molar-refractivity contribution < 1.29 is 9.59 Å². The molecule has 2 rings (SSSR count). The molecule has 2 aromatic carbocycles. The molecule has 0 radical (unpaired) electrons. The number of rotatable bonds is 7. The molecule has 0 heterocycles. The maximum absolute atomic E-state index is 12.6. The van der Waals surface area contributed by atoms with Gasteiger partial charge in [0, 0.05) is 0 Å². The zero-order chi connectivity index (χ0) is 19.1. The average Bonchev–Trinajstić information content (AvgIpc) is 2.66. The summed E-state index contributed by atoms with van der Waals surface area (Å²) >= 11 is 0. The maximum Gasteiger partial charge on any atom is 0.312 e. The minimum Gasteiger partial charge on any atom is -0.352 e. The summed E-state index contributed by atoms with van der Waals surface area (Å²) < 4.78 is 0. The number of carbonyl (C=O) groups excluding carboxylic acids is 2. The van der Waals surface area contributed by atoms with Crippen LogP contribution in [-0.4, -0.2) is 18.0 Å². The topological polar surface area (TPSA) is 84.2 Å². The van der Waals surface area contributed by atoms with Crippen molar-refractivity contribution in [2.45, 2.75) is 39.3 Å². The standard InChI is InChI=1S/C21H27N3O2/c1-4-14(2)19(24-21(22)26)20(25)23-15(3)16-10-12-18(13-11-16)17-8-6-5-7-9-17/h5-15,19H,4H2,1-3H3,(H,23,25)(H3,22,24,26)/t14-,15+,19-/m0/s1. The number of hydrogen-bond acceptors (Lipinski definition) is 2. The molecule has 0 spiro atoms. The highest BCUT2D eigenvalue weighted by Crippen LogP contribution is 2.22. The first kappa shape index (κ1) is 19.5. The van der Waals surface area contributed by atoms with Crippen molar-refractivity contribution in [3.05, 3.63) is 60.2 Å². The van der Waals surface area contributed by atoms with Gasteiger partial charge in [-0.1, -0.05) is 74.9 Å². The molecule has 5 nitrogen and oxygen atoms in total. The summed E-state index contributed by atoms with van der Waals surface area (Å²) in [4.78, 5) is 23.8. The van der Waals surface area contributed by atoms with Crippen molar-refractivity contribution in [1.29, 1.82) is 0 Å². The minimum absolute atomic E-state index is 0.00448. The highest BCUT2D eigenvalue weighted by molar-refractivity contribution is 5.87. The number of nitrogens with one attached hydrogen (secondary N) is 2. The van der Waals surface area contributed by atoms with Gasteiger partial charge in [-0.3, -0.25) is 4.79 Å². The summed E-state index contributed by atoms with van der Waals surface area (Å²) in [6.07, 6.45) is 0.762. The van der Waals surface area contributed by atoms with E-state index in [4.69, 9.17) is 5.73 Å². The molecule has 0 saturated heterocycles. The van der Waals surface area contributed by atoms with E-state index in [1.165, 1.54) is 0 Å². The lowest BCUT2D eigenvalue weighted by Gasteiger charge is -2.25. The molecule has 0 aliphatic heterocycles. The second-order valence-corrected chi connectivity index (χ2v) is 6.59. The van der Waals surface area contributed by atoms with Gasteiger partial charge in [0.05, 0.1) is 6.04 Å². The lowest BCUT2D eigenvalue weighted by atomic mass is 9.97. The van der Waals surface area contributed by atoms with Crippen molar-refractivity contribution >= 4 is 11.9 Å². The maximum atomic E-state index is 12.6. The molecule has 0 fully saturated rings. The monoisotopic (exact) mass is 353 g/mol. The van der Waals surface area contributed by atoms with Crippen LogP contribution in [0.5, 0.6) is 0 Å². The van der Waals surface area contributed by atoms with Crippen molar-refractivity contribution in [2.24, 2.45) is 11.7 Å². The van der Waals surface area contributed by atoms with Crippen molar-refractivity contribution in [1.82, 2.24) is 10.6 Å². The number of benzene rings is 2. The Balaban J connectivity index is 2.07. The van der Waals surface area contributed by atoms with Gasteiger partial charge in [-0.25, -0.2) is 4.79 Å². The van der Waals surface area contributed by atoms with Crippen molar-refractivity contribution in [2.75, 3.05) is 0 Å².